The monoisotopic (exact) mass is 485 g/mol. The largest absolute Gasteiger partial charge is 0.419 e. The molecular weight excluding hydrogens is 474 g/mol. The highest BCUT2D eigenvalue weighted by Gasteiger charge is 2.22. The number of nitro groups is 1. The van der Waals surface area contributed by atoms with Crippen LogP contribution >= 0.6 is 34.7 Å². The highest BCUT2D eigenvalue weighted by atomic mass is 35.5. The van der Waals surface area contributed by atoms with Crippen molar-refractivity contribution in [2.45, 2.75) is 17.4 Å². The number of thiophene rings is 1. The molecule has 0 aliphatic carbocycles. The molecule has 2 aromatic carbocycles. The second-order valence-corrected chi connectivity index (χ2v) is 9.35. The van der Waals surface area contributed by atoms with E-state index in [1.54, 1.807) is 12.1 Å². The molecule has 0 radical (unpaired) electrons. The number of nitro benzene ring substituents is 1. The molecule has 0 spiro atoms. The van der Waals surface area contributed by atoms with Crippen LogP contribution in [0.4, 0.5) is 5.69 Å². The van der Waals surface area contributed by atoms with Crippen LogP contribution in [0.3, 0.4) is 0 Å². The minimum Gasteiger partial charge on any atom is -0.419 e. The molecular formula is C20H12ClN5O4S2. The average Bonchev–Trinajstić information content (AvgIpc) is 3.53. The number of fused-ring (bicyclic) bond motifs is 1. The molecule has 0 bridgehead atoms. The minimum atomic E-state index is -0.466. The van der Waals surface area contributed by atoms with Crippen LogP contribution in [0.25, 0.3) is 32.3 Å². The van der Waals surface area contributed by atoms with Crippen molar-refractivity contribution < 1.29 is 13.8 Å². The minimum absolute atomic E-state index is 0.0108. The summed E-state index contributed by atoms with van der Waals surface area (Å²) in [6.07, 6.45) is 0. The van der Waals surface area contributed by atoms with Crippen molar-refractivity contribution in [1.29, 1.82) is 0 Å². The summed E-state index contributed by atoms with van der Waals surface area (Å²) in [4.78, 5) is 11.1. The Morgan fingerprint density at radius 2 is 1.78 bits per heavy atom. The van der Waals surface area contributed by atoms with Gasteiger partial charge in [-0.05, 0) is 25.1 Å². The van der Waals surface area contributed by atoms with Gasteiger partial charge < -0.3 is 8.83 Å². The van der Waals surface area contributed by atoms with E-state index in [2.05, 4.69) is 20.4 Å². The van der Waals surface area contributed by atoms with E-state index in [4.69, 9.17) is 20.4 Å². The normalized spacial score (nSPS) is 12.3. The van der Waals surface area contributed by atoms with Crippen LogP contribution in [-0.4, -0.2) is 25.3 Å². The Kier molecular flexibility index (Phi) is 5.37. The lowest BCUT2D eigenvalue weighted by atomic mass is 10.2. The van der Waals surface area contributed by atoms with Gasteiger partial charge in [-0.15, -0.1) is 31.7 Å². The Bertz CT molecular complexity index is 1430. The van der Waals surface area contributed by atoms with Crippen molar-refractivity contribution in [1.82, 2.24) is 20.4 Å². The fraction of sp³-hybridized carbons (Fsp3) is 0.100. The van der Waals surface area contributed by atoms with Gasteiger partial charge in [0.2, 0.25) is 11.8 Å². The Hall–Kier alpha value is -3.28. The Balaban J connectivity index is 1.33. The van der Waals surface area contributed by atoms with Crippen LogP contribution in [0.1, 0.15) is 18.1 Å². The number of rotatable bonds is 6. The second kappa shape index (κ2) is 8.34. The van der Waals surface area contributed by atoms with Crippen LogP contribution in [0.2, 0.25) is 5.02 Å². The molecule has 3 heterocycles. The maximum atomic E-state index is 10.8. The first kappa shape index (κ1) is 20.6. The van der Waals surface area contributed by atoms with E-state index >= 15 is 0 Å². The standard InChI is InChI=1S/C20H12ClN5O4S2/c1-10(17-22-23-18(29-17)11-6-8-12(9-7-11)26(27)28)31-20-25-24-19(30-20)16-15(21)13-4-2-3-5-14(13)32-16/h2-10H,1H3. The molecule has 0 aliphatic heterocycles. The molecule has 5 rings (SSSR count). The molecule has 12 heteroatoms. The number of non-ortho nitro benzene ring substituents is 1. The number of benzene rings is 2. The van der Waals surface area contributed by atoms with Crippen molar-refractivity contribution in [2.24, 2.45) is 0 Å². The van der Waals surface area contributed by atoms with E-state index in [9.17, 15) is 10.1 Å². The van der Waals surface area contributed by atoms with Crippen molar-refractivity contribution in [2.75, 3.05) is 0 Å². The van der Waals surface area contributed by atoms with Gasteiger partial charge in [-0.2, -0.15) is 0 Å². The van der Waals surface area contributed by atoms with Crippen LogP contribution in [0.15, 0.2) is 62.6 Å². The summed E-state index contributed by atoms with van der Waals surface area (Å²) in [5.41, 5.74) is 0.578. The van der Waals surface area contributed by atoms with Crippen LogP contribution < -0.4 is 0 Å². The number of hydrogen-bond donors (Lipinski definition) is 0. The lowest BCUT2D eigenvalue weighted by Crippen LogP contribution is -1.88. The third-order valence-corrected chi connectivity index (χ3v) is 7.11. The molecule has 0 saturated heterocycles. The van der Waals surface area contributed by atoms with Gasteiger partial charge in [0.25, 0.3) is 16.8 Å². The zero-order chi connectivity index (χ0) is 22.2. The van der Waals surface area contributed by atoms with Crippen LogP contribution in [-0.2, 0) is 0 Å². The lowest BCUT2D eigenvalue weighted by Gasteiger charge is -2.01. The van der Waals surface area contributed by atoms with Gasteiger partial charge in [-0.1, -0.05) is 41.6 Å². The fourth-order valence-electron chi connectivity index (χ4n) is 2.94. The third-order valence-electron chi connectivity index (χ3n) is 4.53. The molecule has 0 aliphatic rings. The first-order chi connectivity index (χ1) is 15.5. The SMILES string of the molecule is CC(Sc1nnc(-c2sc3ccccc3c2Cl)o1)c1nnc(-c2ccc([N+](=O)[O-])cc2)o1. The molecule has 1 unspecified atom stereocenters. The van der Waals surface area contributed by atoms with Crippen molar-refractivity contribution in [3.8, 4) is 22.2 Å². The summed E-state index contributed by atoms with van der Waals surface area (Å²) in [6, 6.07) is 13.7. The average molecular weight is 486 g/mol. The van der Waals surface area contributed by atoms with Gasteiger partial charge in [0, 0.05) is 27.8 Å². The van der Waals surface area contributed by atoms with Gasteiger partial charge in [0.05, 0.1) is 15.2 Å². The molecule has 32 heavy (non-hydrogen) atoms. The summed E-state index contributed by atoms with van der Waals surface area (Å²) in [7, 11) is 0. The zero-order valence-corrected chi connectivity index (χ0v) is 18.6. The van der Waals surface area contributed by atoms with E-state index in [-0.39, 0.29) is 16.8 Å². The Morgan fingerprint density at radius 3 is 2.53 bits per heavy atom. The van der Waals surface area contributed by atoms with Gasteiger partial charge in [-0.3, -0.25) is 10.1 Å². The topological polar surface area (TPSA) is 121 Å². The van der Waals surface area contributed by atoms with Gasteiger partial charge in [-0.25, -0.2) is 0 Å². The van der Waals surface area contributed by atoms with Gasteiger partial charge >= 0.3 is 0 Å². The van der Waals surface area contributed by atoms with Crippen molar-refractivity contribution in [3.05, 3.63) is 69.6 Å². The Morgan fingerprint density at radius 1 is 1.03 bits per heavy atom. The summed E-state index contributed by atoms with van der Waals surface area (Å²) >= 11 is 9.26. The van der Waals surface area contributed by atoms with Gasteiger partial charge in [0.15, 0.2) is 0 Å². The fourth-order valence-corrected chi connectivity index (χ4v) is 5.09. The molecule has 0 N–H and O–H groups in total. The van der Waals surface area contributed by atoms with Crippen molar-refractivity contribution >= 4 is 50.5 Å². The highest BCUT2D eigenvalue weighted by molar-refractivity contribution is 7.99. The van der Waals surface area contributed by atoms with Gasteiger partial charge in [0.1, 0.15) is 4.88 Å². The summed E-state index contributed by atoms with van der Waals surface area (Å²) in [5.74, 6) is 0.983. The number of halogens is 1. The predicted molar refractivity (Wildman–Crippen MR) is 121 cm³/mol. The van der Waals surface area contributed by atoms with E-state index < -0.39 is 4.92 Å². The lowest BCUT2D eigenvalue weighted by molar-refractivity contribution is -0.384. The Labute approximate surface area is 193 Å². The quantitative estimate of drug-likeness (QED) is 0.152. The zero-order valence-electron chi connectivity index (χ0n) is 16.3. The molecule has 3 aromatic heterocycles. The maximum absolute atomic E-state index is 10.8. The number of hydrogen-bond acceptors (Lipinski definition) is 10. The second-order valence-electron chi connectivity index (χ2n) is 6.62. The van der Waals surface area contributed by atoms with Crippen molar-refractivity contribution in [3.63, 3.8) is 0 Å². The van der Waals surface area contributed by atoms with Crippen LogP contribution in [0.5, 0.6) is 0 Å². The first-order valence-corrected chi connectivity index (χ1v) is 11.3. The maximum Gasteiger partial charge on any atom is 0.277 e. The molecule has 5 aromatic rings. The van der Waals surface area contributed by atoms with E-state index in [1.165, 1.54) is 35.2 Å². The third kappa shape index (κ3) is 3.85. The molecule has 0 amide bonds. The van der Waals surface area contributed by atoms with E-state index in [0.717, 1.165) is 15.0 Å². The molecule has 0 saturated carbocycles. The summed E-state index contributed by atoms with van der Waals surface area (Å²) < 4.78 is 12.6. The molecule has 160 valence electrons. The predicted octanol–water partition coefficient (Wildman–Crippen LogP) is 6.42. The van der Waals surface area contributed by atoms with E-state index in [1.807, 2.05) is 31.2 Å². The number of thioether (sulfide) groups is 1. The van der Waals surface area contributed by atoms with E-state index in [0.29, 0.717) is 27.6 Å². The smallest absolute Gasteiger partial charge is 0.277 e. The molecule has 0 fully saturated rings. The number of nitrogens with zero attached hydrogens (tertiary/aromatic N) is 5. The molecule has 9 nitrogen and oxygen atoms in total. The summed E-state index contributed by atoms with van der Waals surface area (Å²) in [6.45, 7) is 1.87. The highest BCUT2D eigenvalue weighted by Crippen LogP contribution is 2.43. The summed E-state index contributed by atoms with van der Waals surface area (Å²) in [5, 5.41) is 28.7. The van der Waals surface area contributed by atoms with Crippen LogP contribution in [0, 0.1) is 10.1 Å². The number of aromatic nitrogens is 4. The first-order valence-electron chi connectivity index (χ1n) is 9.25. The molecule has 1 atom stereocenters.